The zero-order valence-electron chi connectivity index (χ0n) is 32.9. The van der Waals surface area contributed by atoms with Crippen molar-refractivity contribution in [1.82, 2.24) is 4.40 Å². The number of aromatic nitrogens is 1. The van der Waals surface area contributed by atoms with Crippen LogP contribution < -0.4 is 4.90 Å². The van der Waals surface area contributed by atoms with Crippen molar-refractivity contribution in [3.63, 3.8) is 0 Å². The molecule has 2 aromatic heterocycles. The molecule has 2 nitrogen and oxygen atoms in total. The standard InChI is InChI=1S/C56H42N2/c1-37-53(55(41-18-8-5-9-19-41)58-52-25-15-13-22-48(52)45-20-10-11-23-49(45)54(37)58)40-28-32-43(33-29-40)57(42-30-26-39(27-31-42)38-16-6-4-7-17-38)44-34-35-47-46-21-12-14-24-50(46)56(2,3)51(47)36-44/h4-36H,1-3H3. The maximum absolute atomic E-state index is 2.51. The van der Waals surface area contributed by atoms with Crippen LogP contribution in [0, 0.1) is 6.92 Å². The number of fused-ring (bicyclic) bond motifs is 9. The molecule has 0 saturated carbocycles. The van der Waals surface area contributed by atoms with Crippen LogP contribution >= 0.6 is 0 Å². The average Bonchev–Trinajstić information content (AvgIpc) is 3.72. The molecule has 58 heavy (non-hydrogen) atoms. The predicted octanol–water partition coefficient (Wildman–Crippen LogP) is 15.3. The molecule has 11 rings (SSSR count). The lowest BCUT2D eigenvalue weighted by molar-refractivity contribution is 0.660. The first-order valence-electron chi connectivity index (χ1n) is 20.3. The van der Waals surface area contributed by atoms with Crippen LogP contribution in [0.5, 0.6) is 0 Å². The molecule has 0 saturated heterocycles. The monoisotopic (exact) mass is 742 g/mol. The third kappa shape index (κ3) is 5.18. The molecule has 8 aromatic carbocycles. The van der Waals surface area contributed by atoms with Crippen molar-refractivity contribution in [1.29, 1.82) is 0 Å². The predicted molar refractivity (Wildman–Crippen MR) is 246 cm³/mol. The lowest BCUT2D eigenvalue weighted by Crippen LogP contribution is -2.16. The van der Waals surface area contributed by atoms with E-state index in [2.05, 4.69) is 230 Å². The van der Waals surface area contributed by atoms with Gasteiger partial charge in [-0.25, -0.2) is 0 Å². The van der Waals surface area contributed by atoms with Gasteiger partial charge in [0.1, 0.15) is 0 Å². The summed E-state index contributed by atoms with van der Waals surface area (Å²) < 4.78 is 2.51. The fourth-order valence-corrected chi connectivity index (χ4v) is 9.78. The number of pyridine rings is 1. The van der Waals surface area contributed by atoms with Crippen LogP contribution in [0.4, 0.5) is 17.1 Å². The Balaban J connectivity index is 1.10. The minimum atomic E-state index is -0.105. The number of nitrogens with zero attached hydrogens (tertiary/aromatic N) is 2. The molecule has 1 aliphatic carbocycles. The smallest absolute Gasteiger partial charge is 0.0616 e. The molecule has 0 N–H and O–H groups in total. The van der Waals surface area contributed by atoms with E-state index >= 15 is 0 Å². The lowest BCUT2D eigenvalue weighted by Gasteiger charge is -2.28. The summed E-state index contributed by atoms with van der Waals surface area (Å²) in [5.41, 5.74) is 19.7. The minimum Gasteiger partial charge on any atom is -0.310 e. The zero-order valence-corrected chi connectivity index (χ0v) is 32.9. The maximum atomic E-state index is 2.51. The molecule has 10 aromatic rings. The van der Waals surface area contributed by atoms with Gasteiger partial charge in [-0.15, -0.1) is 0 Å². The summed E-state index contributed by atoms with van der Waals surface area (Å²) in [5, 5.41) is 3.81. The van der Waals surface area contributed by atoms with E-state index in [-0.39, 0.29) is 5.41 Å². The highest BCUT2D eigenvalue weighted by Crippen LogP contribution is 2.51. The number of hydrogen-bond donors (Lipinski definition) is 0. The fraction of sp³-hybridized carbons (Fsp3) is 0.0714. The highest BCUT2D eigenvalue weighted by atomic mass is 15.1. The number of para-hydroxylation sites is 1. The van der Waals surface area contributed by atoms with Gasteiger partial charge in [0.25, 0.3) is 0 Å². The average molecular weight is 743 g/mol. The van der Waals surface area contributed by atoms with Crippen LogP contribution in [0.3, 0.4) is 0 Å². The van der Waals surface area contributed by atoms with E-state index in [1.54, 1.807) is 0 Å². The van der Waals surface area contributed by atoms with Crippen molar-refractivity contribution in [2.45, 2.75) is 26.2 Å². The first-order chi connectivity index (χ1) is 28.5. The largest absolute Gasteiger partial charge is 0.310 e. The fourth-order valence-electron chi connectivity index (χ4n) is 9.78. The highest BCUT2D eigenvalue weighted by molar-refractivity contribution is 6.16. The van der Waals surface area contributed by atoms with Crippen LogP contribution in [0.25, 0.3) is 71.8 Å². The van der Waals surface area contributed by atoms with Crippen molar-refractivity contribution in [2.75, 3.05) is 4.90 Å². The number of anilines is 3. The molecule has 2 heteroatoms. The highest BCUT2D eigenvalue weighted by Gasteiger charge is 2.35. The van der Waals surface area contributed by atoms with Crippen LogP contribution in [-0.4, -0.2) is 4.40 Å². The Morgan fingerprint density at radius 3 is 1.64 bits per heavy atom. The summed E-state index contributed by atoms with van der Waals surface area (Å²) in [6.07, 6.45) is 0. The molecule has 0 atom stereocenters. The number of hydrogen-bond acceptors (Lipinski definition) is 1. The zero-order chi connectivity index (χ0) is 39.0. The minimum absolute atomic E-state index is 0.105. The van der Waals surface area contributed by atoms with Crippen molar-refractivity contribution in [2.24, 2.45) is 0 Å². The van der Waals surface area contributed by atoms with Crippen LogP contribution in [-0.2, 0) is 5.41 Å². The second kappa shape index (κ2) is 13.2. The molecule has 276 valence electrons. The van der Waals surface area contributed by atoms with E-state index in [0.717, 1.165) is 17.1 Å². The van der Waals surface area contributed by atoms with E-state index in [1.165, 1.54) is 88.5 Å². The SMILES string of the molecule is Cc1c(-c2ccc(N(c3ccc(-c4ccccc4)cc3)c3ccc4c(c3)C(C)(C)c3ccccc3-4)cc2)c(-c2ccccc2)n2c3ccccc3c3ccccc3c12. The quantitative estimate of drug-likeness (QED) is 0.154. The first-order valence-corrected chi connectivity index (χ1v) is 20.3. The molecule has 0 amide bonds. The van der Waals surface area contributed by atoms with Crippen molar-refractivity contribution < 1.29 is 0 Å². The van der Waals surface area contributed by atoms with Gasteiger partial charge in [0.2, 0.25) is 0 Å². The Morgan fingerprint density at radius 2 is 0.931 bits per heavy atom. The molecule has 0 bridgehead atoms. The Bertz CT molecular complexity index is 3170. The molecule has 0 unspecified atom stereocenters. The third-order valence-electron chi connectivity index (χ3n) is 12.6. The Kier molecular flexibility index (Phi) is 7.78. The van der Waals surface area contributed by atoms with E-state index in [0.29, 0.717) is 0 Å². The van der Waals surface area contributed by atoms with Gasteiger partial charge in [-0.05, 0) is 105 Å². The molecule has 2 heterocycles. The van der Waals surface area contributed by atoms with Crippen LogP contribution in [0.2, 0.25) is 0 Å². The Morgan fingerprint density at radius 1 is 0.414 bits per heavy atom. The molecule has 0 aliphatic heterocycles. The molecule has 0 fully saturated rings. The third-order valence-corrected chi connectivity index (χ3v) is 12.6. The number of aryl methyl sites for hydroxylation is 1. The topological polar surface area (TPSA) is 7.65 Å². The Hall–Kier alpha value is -7.16. The summed E-state index contributed by atoms with van der Waals surface area (Å²) >= 11 is 0. The molecule has 0 spiro atoms. The molecular weight excluding hydrogens is 701 g/mol. The van der Waals surface area contributed by atoms with Gasteiger partial charge in [0.05, 0.1) is 16.7 Å². The van der Waals surface area contributed by atoms with Crippen LogP contribution in [0.15, 0.2) is 200 Å². The number of rotatable bonds is 6. The Labute approximate surface area is 339 Å². The van der Waals surface area contributed by atoms with Gasteiger partial charge in [-0.2, -0.15) is 0 Å². The van der Waals surface area contributed by atoms with E-state index in [1.807, 2.05) is 0 Å². The molecule has 1 aliphatic rings. The second-order valence-electron chi connectivity index (χ2n) is 16.2. The summed E-state index contributed by atoms with van der Waals surface area (Å²) in [4.78, 5) is 2.42. The van der Waals surface area contributed by atoms with E-state index in [4.69, 9.17) is 0 Å². The summed E-state index contributed by atoms with van der Waals surface area (Å²) in [6.45, 7) is 7.02. The van der Waals surface area contributed by atoms with E-state index in [9.17, 15) is 0 Å². The van der Waals surface area contributed by atoms with Gasteiger partial charge in [0.15, 0.2) is 0 Å². The van der Waals surface area contributed by atoms with Gasteiger partial charge in [-0.1, -0.05) is 172 Å². The van der Waals surface area contributed by atoms with Crippen molar-refractivity contribution in [3.8, 4) is 44.6 Å². The summed E-state index contributed by atoms with van der Waals surface area (Å²) in [5.74, 6) is 0. The second-order valence-corrected chi connectivity index (χ2v) is 16.2. The first kappa shape index (κ1) is 34.1. The van der Waals surface area contributed by atoms with Gasteiger partial charge in [0, 0.05) is 38.8 Å². The van der Waals surface area contributed by atoms with Gasteiger partial charge in [-0.3, -0.25) is 0 Å². The van der Waals surface area contributed by atoms with Crippen LogP contribution in [0.1, 0.15) is 30.5 Å². The molecular formula is C56H42N2. The van der Waals surface area contributed by atoms with Crippen molar-refractivity contribution in [3.05, 3.63) is 217 Å². The van der Waals surface area contributed by atoms with Crippen molar-refractivity contribution >= 4 is 44.3 Å². The number of benzene rings is 8. The lowest BCUT2D eigenvalue weighted by atomic mass is 9.82. The maximum Gasteiger partial charge on any atom is 0.0616 e. The summed E-state index contributed by atoms with van der Waals surface area (Å²) in [6, 6.07) is 73.4. The normalized spacial score (nSPS) is 12.9. The van der Waals surface area contributed by atoms with E-state index < -0.39 is 0 Å². The summed E-state index contributed by atoms with van der Waals surface area (Å²) in [7, 11) is 0. The van der Waals surface area contributed by atoms with Gasteiger partial charge >= 0.3 is 0 Å². The van der Waals surface area contributed by atoms with Gasteiger partial charge < -0.3 is 9.30 Å². The molecule has 0 radical (unpaired) electrons.